The third kappa shape index (κ3) is 4.42. The number of hydrogen-bond donors (Lipinski definition) is 1. The molecule has 6 rings (SSSR count). The molecule has 2 aromatic heterocycles. The predicted molar refractivity (Wildman–Crippen MR) is 133 cm³/mol. The lowest BCUT2D eigenvalue weighted by atomic mass is 9.79. The molecule has 2 saturated heterocycles. The van der Waals surface area contributed by atoms with Crippen molar-refractivity contribution in [2.75, 3.05) is 31.2 Å². The zero-order valence-corrected chi connectivity index (χ0v) is 20.6. The van der Waals surface area contributed by atoms with Gasteiger partial charge in [0.15, 0.2) is 5.82 Å². The number of pyridine rings is 1. The number of nitrogens with zero attached hydrogens (tertiary/aromatic N) is 4. The minimum atomic E-state index is -0.238. The van der Waals surface area contributed by atoms with Crippen molar-refractivity contribution in [2.45, 2.75) is 76.8 Å². The maximum absolute atomic E-state index is 15.4. The van der Waals surface area contributed by atoms with Crippen LogP contribution in [0, 0.1) is 19.7 Å². The van der Waals surface area contributed by atoms with Gasteiger partial charge < -0.3 is 19.5 Å². The third-order valence-corrected chi connectivity index (χ3v) is 8.11. The number of ether oxygens (including phenoxy) is 1. The molecule has 4 heterocycles. The summed E-state index contributed by atoms with van der Waals surface area (Å²) in [6, 6.07) is 4.85. The Morgan fingerprint density at radius 2 is 1.71 bits per heavy atom. The number of aromatic nitrogens is 3. The van der Waals surface area contributed by atoms with E-state index in [2.05, 4.69) is 26.4 Å². The van der Waals surface area contributed by atoms with Crippen molar-refractivity contribution < 1.29 is 13.7 Å². The van der Waals surface area contributed by atoms with Crippen LogP contribution in [0.1, 0.15) is 67.8 Å². The van der Waals surface area contributed by atoms with Crippen molar-refractivity contribution in [2.24, 2.45) is 0 Å². The molecule has 1 N–H and O–H groups in total. The monoisotopic (exact) mass is 479 g/mol. The van der Waals surface area contributed by atoms with E-state index in [1.165, 1.54) is 6.42 Å². The summed E-state index contributed by atoms with van der Waals surface area (Å²) in [6.45, 7) is 7.24. The Balaban J connectivity index is 1.34. The number of rotatable bonds is 5. The summed E-state index contributed by atoms with van der Waals surface area (Å²) in [6.07, 6.45) is 7.66. The van der Waals surface area contributed by atoms with E-state index in [-0.39, 0.29) is 5.82 Å². The number of halogens is 1. The van der Waals surface area contributed by atoms with Crippen molar-refractivity contribution in [3.8, 4) is 11.5 Å². The summed E-state index contributed by atoms with van der Waals surface area (Å²) >= 11 is 0. The first-order valence-electron chi connectivity index (χ1n) is 13.1. The molecule has 0 bridgehead atoms. The second kappa shape index (κ2) is 9.47. The fourth-order valence-electron chi connectivity index (χ4n) is 5.80. The van der Waals surface area contributed by atoms with Crippen molar-refractivity contribution in [1.29, 1.82) is 0 Å². The molecule has 3 fully saturated rings. The topological polar surface area (TPSA) is 76.3 Å². The second-order valence-electron chi connectivity index (χ2n) is 10.4. The van der Waals surface area contributed by atoms with Gasteiger partial charge in [-0.1, -0.05) is 11.6 Å². The van der Waals surface area contributed by atoms with Gasteiger partial charge in [0.25, 0.3) is 5.89 Å². The van der Waals surface area contributed by atoms with Crippen molar-refractivity contribution in [3.63, 3.8) is 0 Å². The van der Waals surface area contributed by atoms with Crippen LogP contribution in [-0.2, 0) is 4.74 Å². The normalized spacial score (nSPS) is 20.5. The van der Waals surface area contributed by atoms with Gasteiger partial charge in [-0.25, -0.2) is 9.37 Å². The van der Waals surface area contributed by atoms with Crippen LogP contribution in [0.25, 0.3) is 22.4 Å². The first-order valence-corrected chi connectivity index (χ1v) is 13.1. The highest BCUT2D eigenvalue weighted by Gasteiger charge is 2.29. The van der Waals surface area contributed by atoms with Crippen LogP contribution in [0.2, 0.25) is 0 Å². The molecule has 0 radical (unpaired) electrons. The van der Waals surface area contributed by atoms with Crippen LogP contribution in [0.15, 0.2) is 16.7 Å². The van der Waals surface area contributed by atoms with Crippen LogP contribution in [0.5, 0.6) is 0 Å². The van der Waals surface area contributed by atoms with Crippen molar-refractivity contribution >= 4 is 16.7 Å². The lowest BCUT2D eigenvalue weighted by molar-refractivity contribution is 0.0738. The van der Waals surface area contributed by atoms with Crippen LogP contribution in [-0.4, -0.2) is 53.5 Å². The van der Waals surface area contributed by atoms with Gasteiger partial charge in [-0.15, -0.1) is 0 Å². The Bertz CT molecular complexity index is 1210. The predicted octanol–water partition coefficient (Wildman–Crippen LogP) is 5.05. The largest absolute Gasteiger partial charge is 0.381 e. The molecule has 8 heteroatoms. The molecular formula is C27H34FN5O2. The Hall–Kier alpha value is -2.58. The van der Waals surface area contributed by atoms with E-state index < -0.39 is 0 Å². The van der Waals surface area contributed by atoms with Crippen LogP contribution in [0.4, 0.5) is 10.2 Å². The number of anilines is 1. The van der Waals surface area contributed by atoms with E-state index in [9.17, 15) is 0 Å². The van der Waals surface area contributed by atoms with E-state index in [4.69, 9.17) is 14.2 Å². The molecule has 35 heavy (non-hydrogen) atoms. The van der Waals surface area contributed by atoms with Crippen LogP contribution >= 0.6 is 0 Å². The first kappa shape index (κ1) is 22.9. The number of aryl methyl sites for hydroxylation is 2. The fourth-order valence-corrected chi connectivity index (χ4v) is 5.80. The molecule has 1 saturated carbocycles. The fraction of sp³-hybridized carbons (Fsp3) is 0.593. The Labute approximate surface area is 205 Å². The molecule has 1 aliphatic carbocycles. The second-order valence-corrected chi connectivity index (χ2v) is 10.4. The molecule has 0 atom stereocenters. The number of fused-ring (bicyclic) bond motifs is 1. The van der Waals surface area contributed by atoms with Gasteiger partial charge in [0.05, 0.1) is 5.56 Å². The third-order valence-electron chi connectivity index (χ3n) is 8.11. The zero-order chi connectivity index (χ0) is 23.9. The maximum atomic E-state index is 15.4. The lowest BCUT2D eigenvalue weighted by Gasteiger charge is -2.37. The first-order chi connectivity index (χ1) is 17.1. The van der Waals surface area contributed by atoms with Gasteiger partial charge in [-0.05, 0) is 81.5 Å². The summed E-state index contributed by atoms with van der Waals surface area (Å²) in [5.41, 5.74) is 3.30. The summed E-state index contributed by atoms with van der Waals surface area (Å²) in [4.78, 5) is 11.7. The van der Waals surface area contributed by atoms with Gasteiger partial charge >= 0.3 is 0 Å². The lowest BCUT2D eigenvalue weighted by Crippen LogP contribution is -2.48. The Morgan fingerprint density at radius 1 is 0.971 bits per heavy atom. The Kier molecular flexibility index (Phi) is 6.18. The minimum Gasteiger partial charge on any atom is -0.381 e. The van der Waals surface area contributed by atoms with Crippen molar-refractivity contribution in [1.82, 2.24) is 20.4 Å². The highest BCUT2D eigenvalue weighted by molar-refractivity contribution is 5.93. The van der Waals surface area contributed by atoms with E-state index >= 15 is 4.39 Å². The van der Waals surface area contributed by atoms with Gasteiger partial charge in [0.2, 0.25) is 0 Å². The average Bonchev–Trinajstić information content (AvgIpc) is 3.25. The molecule has 186 valence electrons. The molecule has 0 spiro atoms. The molecule has 1 aromatic carbocycles. The molecular weight excluding hydrogens is 445 g/mol. The van der Waals surface area contributed by atoms with Gasteiger partial charge in [-0.3, -0.25) is 0 Å². The van der Waals surface area contributed by atoms with Gasteiger partial charge in [0.1, 0.15) is 17.2 Å². The number of hydrogen-bond acceptors (Lipinski definition) is 7. The molecule has 7 nitrogen and oxygen atoms in total. The number of benzene rings is 1. The summed E-state index contributed by atoms with van der Waals surface area (Å²) in [7, 11) is 0. The summed E-state index contributed by atoms with van der Waals surface area (Å²) < 4.78 is 26.5. The summed E-state index contributed by atoms with van der Waals surface area (Å²) in [5.74, 6) is 2.00. The number of piperidine rings is 1. The minimum absolute atomic E-state index is 0.238. The molecule has 3 aromatic rings. The van der Waals surface area contributed by atoms with Gasteiger partial charge in [0, 0.05) is 43.8 Å². The van der Waals surface area contributed by atoms with E-state index in [1.54, 1.807) is 6.07 Å². The average molecular weight is 480 g/mol. The number of nitrogens with one attached hydrogen (secondary N) is 1. The molecule has 0 amide bonds. The van der Waals surface area contributed by atoms with Crippen LogP contribution < -0.4 is 10.2 Å². The standard InChI is InChI=1S/C27H34FN5O2/c1-16-22-14-19(18-4-3-5-18)15-23(28)25(22)31-26(24(16)27-29-17(2)32-35-27)33-10-6-20(7-11-33)30-21-8-12-34-13-9-21/h14-15,18,20-21,30H,3-13H2,1-2H3. The molecule has 3 aliphatic rings. The van der Waals surface area contributed by atoms with Crippen molar-refractivity contribution in [3.05, 3.63) is 34.9 Å². The smallest absolute Gasteiger partial charge is 0.261 e. The quantitative estimate of drug-likeness (QED) is 0.549. The zero-order valence-electron chi connectivity index (χ0n) is 20.6. The highest BCUT2D eigenvalue weighted by atomic mass is 19.1. The Morgan fingerprint density at radius 3 is 2.37 bits per heavy atom. The molecule has 0 unspecified atom stereocenters. The highest BCUT2D eigenvalue weighted by Crippen LogP contribution is 2.41. The van der Waals surface area contributed by atoms with E-state index in [1.807, 2.05) is 13.8 Å². The van der Waals surface area contributed by atoms with Gasteiger partial charge in [-0.2, -0.15) is 4.98 Å². The van der Waals surface area contributed by atoms with E-state index in [0.29, 0.717) is 35.2 Å². The maximum Gasteiger partial charge on any atom is 0.261 e. The molecule has 2 aliphatic heterocycles. The van der Waals surface area contributed by atoms with E-state index in [0.717, 1.165) is 92.7 Å². The summed E-state index contributed by atoms with van der Waals surface area (Å²) in [5, 5.41) is 8.71. The van der Waals surface area contributed by atoms with Crippen LogP contribution in [0.3, 0.4) is 0 Å². The SMILES string of the molecule is Cc1noc(-c2c(N3CCC(NC4CCOCC4)CC3)nc3c(F)cc(C4CCC4)cc3c2C)n1.